The zero-order valence-corrected chi connectivity index (χ0v) is 17.3. The van der Waals surface area contributed by atoms with Gasteiger partial charge in [-0.3, -0.25) is 9.59 Å². The number of anilines is 1. The van der Waals surface area contributed by atoms with E-state index in [1.165, 1.54) is 22.2 Å². The molecule has 0 aliphatic carbocycles. The Hall–Kier alpha value is -2.52. The summed E-state index contributed by atoms with van der Waals surface area (Å²) < 4.78 is 6.50. The first kappa shape index (κ1) is 19.2. The normalized spacial score (nSPS) is 11.0. The second-order valence-electron chi connectivity index (χ2n) is 6.06. The highest BCUT2D eigenvalue weighted by Crippen LogP contribution is 2.34. The van der Waals surface area contributed by atoms with E-state index in [4.69, 9.17) is 4.74 Å². The molecule has 27 heavy (non-hydrogen) atoms. The van der Waals surface area contributed by atoms with Gasteiger partial charge in [-0.15, -0.1) is 22.7 Å². The smallest absolute Gasteiger partial charge is 0.341 e. The van der Waals surface area contributed by atoms with Crippen LogP contribution >= 0.6 is 22.7 Å². The van der Waals surface area contributed by atoms with E-state index >= 15 is 0 Å². The first-order valence-electron chi connectivity index (χ1n) is 8.29. The number of hydrogen-bond donors (Lipinski definition) is 1. The molecule has 1 N–H and O–H groups in total. The molecule has 0 aliphatic heterocycles. The number of thiophene rings is 2. The average Bonchev–Trinajstić information content (AvgIpc) is 3.09. The van der Waals surface area contributed by atoms with Crippen LogP contribution in [0.4, 0.5) is 5.00 Å². The van der Waals surface area contributed by atoms with Gasteiger partial charge in [0.15, 0.2) is 0 Å². The lowest BCUT2D eigenvalue weighted by atomic mass is 10.1. The Bertz CT molecular complexity index is 1120. The predicted molar refractivity (Wildman–Crippen MR) is 107 cm³/mol. The minimum Gasteiger partial charge on any atom is -0.462 e. The van der Waals surface area contributed by atoms with Crippen LogP contribution in [0.25, 0.3) is 10.2 Å². The van der Waals surface area contributed by atoms with Crippen LogP contribution in [-0.2, 0) is 11.8 Å². The van der Waals surface area contributed by atoms with Gasteiger partial charge in [0.05, 0.1) is 28.8 Å². The largest absolute Gasteiger partial charge is 0.462 e. The maximum absolute atomic E-state index is 12.9. The third-order valence-electron chi connectivity index (χ3n) is 4.31. The van der Waals surface area contributed by atoms with Gasteiger partial charge in [-0.2, -0.15) is 0 Å². The maximum atomic E-state index is 12.9. The molecule has 3 rings (SSSR count). The van der Waals surface area contributed by atoms with Crippen LogP contribution in [0.3, 0.4) is 0 Å². The van der Waals surface area contributed by atoms with E-state index in [1.807, 2.05) is 13.8 Å². The molecule has 3 heterocycles. The second-order valence-corrected chi connectivity index (χ2v) is 8.28. The van der Waals surface area contributed by atoms with Gasteiger partial charge in [0, 0.05) is 11.9 Å². The molecule has 0 atom stereocenters. The lowest BCUT2D eigenvalue weighted by Gasteiger charge is -2.07. The summed E-state index contributed by atoms with van der Waals surface area (Å²) >= 11 is 2.49. The molecule has 0 saturated carbocycles. The van der Waals surface area contributed by atoms with Crippen molar-refractivity contribution in [3.8, 4) is 0 Å². The monoisotopic (exact) mass is 405 g/mol. The summed E-state index contributed by atoms with van der Waals surface area (Å²) in [7, 11) is 1.62. The van der Waals surface area contributed by atoms with Crippen LogP contribution < -0.4 is 10.9 Å². The van der Waals surface area contributed by atoms with Crippen LogP contribution in [0.2, 0.25) is 0 Å². The molecule has 0 unspecified atom stereocenters. The van der Waals surface area contributed by atoms with E-state index in [-0.39, 0.29) is 18.1 Å². The molecule has 0 fully saturated rings. The Morgan fingerprint density at radius 3 is 2.59 bits per heavy atom. The Balaban J connectivity index is 2.02. The first-order valence-corrected chi connectivity index (χ1v) is 9.92. The van der Waals surface area contributed by atoms with Crippen molar-refractivity contribution in [3.05, 3.63) is 43.1 Å². The molecule has 3 aromatic rings. The van der Waals surface area contributed by atoms with Gasteiger partial charge in [0.1, 0.15) is 9.83 Å². The molecule has 3 aromatic heterocycles. The molecule has 9 heteroatoms. The summed E-state index contributed by atoms with van der Waals surface area (Å²) in [5.74, 6) is -0.831. The summed E-state index contributed by atoms with van der Waals surface area (Å²) in [5.41, 5.74) is 1.56. The Morgan fingerprint density at radius 1 is 1.22 bits per heavy atom. The molecule has 142 valence electrons. The van der Waals surface area contributed by atoms with Crippen molar-refractivity contribution in [1.82, 2.24) is 9.55 Å². The molecular formula is C18H19N3O4S2. The fourth-order valence-electron chi connectivity index (χ4n) is 2.75. The summed E-state index contributed by atoms with van der Waals surface area (Å²) in [6.45, 7) is 7.43. The van der Waals surface area contributed by atoms with Gasteiger partial charge in [-0.25, -0.2) is 9.78 Å². The van der Waals surface area contributed by atoms with Crippen LogP contribution in [0, 0.1) is 20.8 Å². The molecular weight excluding hydrogens is 386 g/mol. The van der Waals surface area contributed by atoms with Gasteiger partial charge in [-0.05, 0) is 38.8 Å². The van der Waals surface area contributed by atoms with Gasteiger partial charge < -0.3 is 14.6 Å². The third kappa shape index (κ3) is 3.28. The minimum absolute atomic E-state index is 0.192. The van der Waals surface area contributed by atoms with Crippen molar-refractivity contribution in [2.45, 2.75) is 27.7 Å². The molecule has 0 radical (unpaired) electrons. The number of nitrogens with zero attached hydrogens (tertiary/aromatic N) is 2. The molecule has 0 aromatic carbocycles. The van der Waals surface area contributed by atoms with Crippen LogP contribution in [-0.4, -0.2) is 28.0 Å². The number of amides is 1. The zero-order valence-electron chi connectivity index (χ0n) is 15.6. The van der Waals surface area contributed by atoms with E-state index in [9.17, 15) is 14.4 Å². The highest BCUT2D eigenvalue weighted by molar-refractivity contribution is 7.21. The summed E-state index contributed by atoms with van der Waals surface area (Å²) in [6.07, 6.45) is 1.44. The fourth-order valence-corrected chi connectivity index (χ4v) is 4.83. The number of nitrogens with one attached hydrogen (secondary N) is 1. The summed E-state index contributed by atoms with van der Waals surface area (Å²) in [4.78, 5) is 43.6. The van der Waals surface area contributed by atoms with Crippen molar-refractivity contribution in [3.63, 3.8) is 0 Å². The fraction of sp³-hybridized carbons (Fsp3) is 0.333. The number of aromatic nitrogens is 2. The van der Waals surface area contributed by atoms with E-state index in [0.717, 1.165) is 21.8 Å². The Kier molecular flexibility index (Phi) is 5.16. The van der Waals surface area contributed by atoms with Crippen LogP contribution in [0.1, 0.15) is 43.0 Å². The van der Waals surface area contributed by atoms with Gasteiger partial charge in [-0.1, -0.05) is 0 Å². The molecule has 0 bridgehead atoms. The molecule has 1 amide bonds. The number of carbonyl (C=O) groups excluding carboxylic acids is 2. The van der Waals surface area contributed by atoms with Crippen LogP contribution in [0.5, 0.6) is 0 Å². The number of carbonyl (C=O) groups is 2. The molecule has 0 aliphatic rings. The second kappa shape index (κ2) is 7.24. The summed E-state index contributed by atoms with van der Waals surface area (Å²) in [6, 6.07) is 0. The predicted octanol–water partition coefficient (Wildman–Crippen LogP) is 3.41. The van der Waals surface area contributed by atoms with Gasteiger partial charge in [0.2, 0.25) is 0 Å². The standard InChI is InChI=1S/C18H19N3O4S2/c1-6-25-18(24)12-8(2)10(4)26-16(12)20-14(22)13-9(3)11-15(27-13)19-7-21(5)17(11)23/h7H,6H2,1-5H3,(H,20,22). The van der Waals surface area contributed by atoms with Crippen molar-refractivity contribution in [1.29, 1.82) is 0 Å². The molecule has 0 spiro atoms. The zero-order chi connectivity index (χ0) is 19.9. The summed E-state index contributed by atoms with van der Waals surface area (Å²) in [5, 5.41) is 3.71. The highest BCUT2D eigenvalue weighted by atomic mass is 32.1. The molecule has 0 saturated heterocycles. The highest BCUT2D eigenvalue weighted by Gasteiger charge is 2.25. The maximum Gasteiger partial charge on any atom is 0.341 e. The van der Waals surface area contributed by atoms with E-state index < -0.39 is 5.97 Å². The first-order chi connectivity index (χ1) is 12.8. The quantitative estimate of drug-likeness (QED) is 0.672. The van der Waals surface area contributed by atoms with E-state index in [1.54, 1.807) is 20.9 Å². The number of fused-ring (bicyclic) bond motifs is 1. The Labute approximate surface area is 163 Å². The lowest BCUT2D eigenvalue weighted by Crippen LogP contribution is -2.17. The number of ether oxygens (including phenoxy) is 1. The minimum atomic E-state index is -0.460. The topological polar surface area (TPSA) is 90.3 Å². The average molecular weight is 406 g/mol. The van der Waals surface area contributed by atoms with Crippen molar-refractivity contribution >= 4 is 49.8 Å². The van der Waals surface area contributed by atoms with E-state index in [0.29, 0.717) is 31.2 Å². The van der Waals surface area contributed by atoms with Crippen LogP contribution in [0.15, 0.2) is 11.1 Å². The third-order valence-corrected chi connectivity index (χ3v) is 6.63. The SMILES string of the molecule is CCOC(=O)c1c(NC(=O)c2sc3ncn(C)c(=O)c3c2C)sc(C)c1C. The lowest BCUT2D eigenvalue weighted by molar-refractivity contribution is 0.0527. The number of rotatable bonds is 4. The van der Waals surface area contributed by atoms with Gasteiger partial charge >= 0.3 is 5.97 Å². The van der Waals surface area contributed by atoms with Crippen molar-refractivity contribution < 1.29 is 14.3 Å². The molecule has 7 nitrogen and oxygen atoms in total. The van der Waals surface area contributed by atoms with Gasteiger partial charge in [0.25, 0.3) is 11.5 Å². The number of aryl methyl sites for hydroxylation is 3. The number of esters is 1. The van der Waals surface area contributed by atoms with E-state index in [2.05, 4.69) is 10.3 Å². The number of hydrogen-bond acceptors (Lipinski definition) is 7. The Morgan fingerprint density at radius 2 is 1.93 bits per heavy atom. The van der Waals surface area contributed by atoms with Crippen molar-refractivity contribution in [2.75, 3.05) is 11.9 Å². The van der Waals surface area contributed by atoms with Crippen molar-refractivity contribution in [2.24, 2.45) is 7.05 Å².